The number of benzene rings is 1. The molecule has 8 nitrogen and oxygen atoms in total. The molecule has 0 radical (unpaired) electrons. The first kappa shape index (κ1) is 26.8. The highest BCUT2D eigenvalue weighted by atomic mass is 32.2. The minimum atomic E-state index is -1.13. The molecule has 3 rings (SSSR count). The Balaban J connectivity index is 1.96. The summed E-state index contributed by atoms with van der Waals surface area (Å²) in [6.07, 6.45) is 4.63. The van der Waals surface area contributed by atoms with Gasteiger partial charge in [0.2, 0.25) is 5.91 Å². The number of allylic oxidation sites excluding steroid dienone is 1. The Hall–Kier alpha value is -2.78. The standard InChI is InChI=1S/C26H36N4O4S/c1-5-9-20(7-3)27-25(33)26(4)17-30-23(14-21(28-30)16-35-12-6-2)24(32)29(26)15-19-10-8-11-22(13-19)34-18-31/h6,8,10-14,20,31H,5,7,9,15-18H2,1-4H3,(H,27,33)/b12-6-. The molecule has 0 saturated carbocycles. The van der Waals surface area contributed by atoms with E-state index in [0.29, 0.717) is 17.2 Å². The molecule has 2 aromatic rings. The number of carbonyl (C=O) groups excluding carboxylic acids is 2. The van der Waals surface area contributed by atoms with Gasteiger partial charge < -0.3 is 20.1 Å². The lowest BCUT2D eigenvalue weighted by atomic mass is 9.93. The van der Waals surface area contributed by atoms with Gasteiger partial charge in [0.05, 0.1) is 12.2 Å². The lowest BCUT2D eigenvalue weighted by Gasteiger charge is -2.44. The molecule has 1 aliphatic heterocycles. The highest BCUT2D eigenvalue weighted by molar-refractivity contribution is 8.01. The fourth-order valence-corrected chi connectivity index (χ4v) is 4.90. The van der Waals surface area contributed by atoms with Crippen molar-refractivity contribution in [2.24, 2.45) is 0 Å². The summed E-state index contributed by atoms with van der Waals surface area (Å²) >= 11 is 1.61. The fourth-order valence-electron chi connectivity index (χ4n) is 4.30. The number of amides is 2. The van der Waals surface area contributed by atoms with E-state index in [2.05, 4.69) is 24.3 Å². The second kappa shape index (κ2) is 12.3. The predicted molar refractivity (Wildman–Crippen MR) is 138 cm³/mol. The fraction of sp³-hybridized carbons (Fsp3) is 0.500. The monoisotopic (exact) mass is 500 g/mol. The minimum absolute atomic E-state index is 0.0503. The number of hydrogen-bond donors (Lipinski definition) is 2. The maximum atomic E-state index is 13.8. The lowest BCUT2D eigenvalue weighted by molar-refractivity contribution is -0.134. The number of ether oxygens (including phenoxy) is 1. The smallest absolute Gasteiger partial charge is 0.273 e. The van der Waals surface area contributed by atoms with Crippen molar-refractivity contribution in [3.8, 4) is 5.75 Å². The molecule has 2 heterocycles. The summed E-state index contributed by atoms with van der Waals surface area (Å²) in [6, 6.07) is 9.08. The highest BCUT2D eigenvalue weighted by Gasteiger charge is 2.48. The summed E-state index contributed by atoms with van der Waals surface area (Å²) < 4.78 is 6.89. The van der Waals surface area contributed by atoms with Crippen molar-refractivity contribution in [3.05, 3.63) is 58.8 Å². The average molecular weight is 501 g/mol. The molecule has 0 saturated heterocycles. The predicted octanol–water partition coefficient (Wildman–Crippen LogP) is 4.09. The largest absolute Gasteiger partial charge is 0.468 e. The molecule has 0 aliphatic carbocycles. The van der Waals surface area contributed by atoms with Crippen LogP contribution in [0.3, 0.4) is 0 Å². The molecule has 190 valence electrons. The van der Waals surface area contributed by atoms with Gasteiger partial charge in [-0.25, -0.2) is 0 Å². The van der Waals surface area contributed by atoms with Crippen molar-refractivity contribution < 1.29 is 19.4 Å². The number of rotatable bonds is 12. The zero-order valence-electron chi connectivity index (χ0n) is 21.0. The normalized spacial score (nSPS) is 18.5. The van der Waals surface area contributed by atoms with Crippen LogP contribution >= 0.6 is 11.8 Å². The van der Waals surface area contributed by atoms with Gasteiger partial charge in [-0.1, -0.05) is 38.5 Å². The zero-order valence-corrected chi connectivity index (χ0v) is 21.8. The van der Waals surface area contributed by atoms with E-state index in [1.165, 1.54) is 0 Å². The lowest BCUT2D eigenvalue weighted by Crippen LogP contribution is -2.64. The highest BCUT2D eigenvalue weighted by Crippen LogP contribution is 2.31. The van der Waals surface area contributed by atoms with Gasteiger partial charge >= 0.3 is 0 Å². The summed E-state index contributed by atoms with van der Waals surface area (Å²) in [5.41, 5.74) is 0.964. The van der Waals surface area contributed by atoms with Gasteiger partial charge in [-0.15, -0.1) is 11.8 Å². The van der Waals surface area contributed by atoms with Crippen LogP contribution in [0.2, 0.25) is 0 Å². The topological polar surface area (TPSA) is 96.7 Å². The van der Waals surface area contributed by atoms with E-state index in [1.54, 1.807) is 39.5 Å². The van der Waals surface area contributed by atoms with Crippen LogP contribution in [0, 0.1) is 0 Å². The van der Waals surface area contributed by atoms with E-state index in [1.807, 2.05) is 37.5 Å². The number of aromatic nitrogens is 2. The van der Waals surface area contributed by atoms with E-state index < -0.39 is 12.3 Å². The first-order chi connectivity index (χ1) is 16.9. The molecule has 1 aliphatic rings. The van der Waals surface area contributed by atoms with Crippen molar-refractivity contribution >= 4 is 23.6 Å². The van der Waals surface area contributed by atoms with Crippen LogP contribution in [0.15, 0.2) is 41.8 Å². The van der Waals surface area contributed by atoms with Gasteiger partial charge in [0, 0.05) is 18.3 Å². The number of carbonyl (C=O) groups is 2. The van der Waals surface area contributed by atoms with E-state index in [4.69, 9.17) is 9.84 Å². The second-order valence-electron chi connectivity index (χ2n) is 8.91. The molecular formula is C26H36N4O4S. The van der Waals surface area contributed by atoms with Gasteiger partial charge in [-0.05, 0) is 55.9 Å². The number of nitrogens with one attached hydrogen (secondary N) is 1. The third-order valence-corrected chi connectivity index (χ3v) is 7.16. The Bertz CT molecular complexity index is 1050. The van der Waals surface area contributed by atoms with Crippen molar-refractivity contribution in [3.63, 3.8) is 0 Å². The number of aliphatic hydroxyl groups excluding tert-OH is 1. The summed E-state index contributed by atoms with van der Waals surface area (Å²) in [5.74, 6) is 0.735. The Morgan fingerprint density at radius 2 is 2.17 bits per heavy atom. The van der Waals surface area contributed by atoms with Crippen LogP contribution < -0.4 is 10.1 Å². The Kier molecular flexibility index (Phi) is 9.40. The van der Waals surface area contributed by atoms with Crippen LogP contribution in [0.25, 0.3) is 0 Å². The summed E-state index contributed by atoms with van der Waals surface area (Å²) in [4.78, 5) is 29.1. The average Bonchev–Trinajstić information content (AvgIpc) is 3.24. The maximum absolute atomic E-state index is 13.8. The molecule has 2 N–H and O–H groups in total. The maximum Gasteiger partial charge on any atom is 0.273 e. The molecule has 2 amide bonds. The Labute approximate surface area is 211 Å². The summed E-state index contributed by atoms with van der Waals surface area (Å²) in [5, 5.41) is 18.9. The van der Waals surface area contributed by atoms with Crippen LogP contribution in [0.4, 0.5) is 0 Å². The van der Waals surface area contributed by atoms with E-state index in [-0.39, 0.29) is 30.9 Å². The van der Waals surface area contributed by atoms with Crippen LogP contribution in [0.1, 0.15) is 68.7 Å². The second-order valence-corrected chi connectivity index (χ2v) is 9.81. The Morgan fingerprint density at radius 1 is 1.37 bits per heavy atom. The number of aliphatic hydroxyl groups is 1. The molecule has 0 fully saturated rings. The summed E-state index contributed by atoms with van der Waals surface area (Å²) in [6.45, 7) is 7.98. The van der Waals surface area contributed by atoms with E-state index in [9.17, 15) is 9.59 Å². The molecule has 0 spiro atoms. The SMILES string of the molecule is C/C=C\SCc1cc2n(n1)CC(C)(C(=O)NC(CC)CCC)N(Cc1cccc(OCO)c1)C2=O. The first-order valence-electron chi connectivity index (χ1n) is 12.1. The van der Waals surface area contributed by atoms with Crippen LogP contribution in [-0.2, 0) is 23.6 Å². The third kappa shape index (κ3) is 6.27. The number of nitrogens with zero attached hydrogens (tertiary/aromatic N) is 3. The minimum Gasteiger partial charge on any atom is -0.468 e. The van der Waals surface area contributed by atoms with Gasteiger partial charge in [0.25, 0.3) is 5.91 Å². The molecule has 0 bridgehead atoms. The van der Waals surface area contributed by atoms with Crippen molar-refractivity contribution in [1.82, 2.24) is 20.0 Å². The number of hydrogen-bond acceptors (Lipinski definition) is 6. The molecule has 2 unspecified atom stereocenters. The van der Waals surface area contributed by atoms with Gasteiger partial charge in [0.1, 0.15) is 17.0 Å². The molecule has 9 heteroatoms. The first-order valence-corrected chi connectivity index (χ1v) is 13.2. The molecule has 35 heavy (non-hydrogen) atoms. The van der Waals surface area contributed by atoms with Gasteiger partial charge in [0.15, 0.2) is 6.79 Å². The number of fused-ring (bicyclic) bond motifs is 1. The van der Waals surface area contributed by atoms with E-state index >= 15 is 0 Å². The van der Waals surface area contributed by atoms with Crippen LogP contribution in [-0.4, -0.2) is 50.0 Å². The van der Waals surface area contributed by atoms with E-state index in [0.717, 1.165) is 30.5 Å². The zero-order chi connectivity index (χ0) is 25.4. The van der Waals surface area contributed by atoms with Crippen LogP contribution in [0.5, 0.6) is 5.75 Å². The molecule has 1 aromatic carbocycles. The molecule has 2 atom stereocenters. The third-order valence-electron chi connectivity index (χ3n) is 6.24. The molecule has 1 aromatic heterocycles. The van der Waals surface area contributed by atoms with Gasteiger partial charge in [-0.2, -0.15) is 5.10 Å². The van der Waals surface area contributed by atoms with Gasteiger partial charge in [-0.3, -0.25) is 14.3 Å². The Morgan fingerprint density at radius 3 is 2.86 bits per heavy atom. The molecular weight excluding hydrogens is 464 g/mol. The quantitative estimate of drug-likeness (QED) is 0.426. The van der Waals surface area contributed by atoms with Crippen molar-refractivity contribution in [1.29, 1.82) is 0 Å². The number of thioether (sulfide) groups is 1. The van der Waals surface area contributed by atoms with Crippen molar-refractivity contribution in [2.75, 3.05) is 6.79 Å². The van der Waals surface area contributed by atoms with Crippen molar-refractivity contribution in [2.45, 2.75) is 77.4 Å². The summed E-state index contributed by atoms with van der Waals surface area (Å²) in [7, 11) is 0.